The SMILES string of the molecule is CCCN1C(=O)C(C)(C)COc2ccc(NC(=O)c3ccc([N+](=O)[O-])c(C)c3)cc21. The van der Waals surface area contributed by atoms with E-state index < -0.39 is 16.2 Å². The number of aryl methyl sites for hydroxylation is 1. The molecule has 1 heterocycles. The van der Waals surface area contributed by atoms with E-state index in [1.807, 2.05) is 20.8 Å². The minimum absolute atomic E-state index is 0.0300. The maximum atomic E-state index is 13.0. The third-order valence-electron chi connectivity index (χ3n) is 5.02. The number of anilines is 2. The van der Waals surface area contributed by atoms with Gasteiger partial charge in [0.1, 0.15) is 12.4 Å². The standard InChI is InChI=1S/C22H25N3O5/c1-5-10-24-18-12-16(7-9-19(18)30-13-22(3,4)21(24)27)23-20(26)15-6-8-17(25(28)29)14(2)11-15/h6-9,11-12H,5,10,13H2,1-4H3,(H,23,26). The van der Waals surface area contributed by atoms with Crippen molar-refractivity contribution in [3.63, 3.8) is 0 Å². The molecule has 158 valence electrons. The number of hydrogen-bond donors (Lipinski definition) is 1. The number of fused-ring (bicyclic) bond motifs is 1. The van der Waals surface area contributed by atoms with Crippen molar-refractivity contribution >= 4 is 28.9 Å². The highest BCUT2D eigenvalue weighted by atomic mass is 16.6. The predicted molar refractivity (Wildman–Crippen MR) is 114 cm³/mol. The molecule has 0 radical (unpaired) electrons. The van der Waals surface area contributed by atoms with E-state index in [4.69, 9.17) is 4.74 Å². The molecule has 0 unspecified atom stereocenters. The lowest BCUT2D eigenvalue weighted by Crippen LogP contribution is -2.42. The van der Waals surface area contributed by atoms with Crippen LogP contribution in [0.5, 0.6) is 5.75 Å². The Kier molecular flexibility index (Phi) is 5.78. The molecule has 2 aromatic rings. The number of amides is 2. The van der Waals surface area contributed by atoms with E-state index in [2.05, 4.69) is 5.32 Å². The minimum atomic E-state index is -0.659. The molecule has 1 N–H and O–H groups in total. The molecule has 0 spiro atoms. The summed E-state index contributed by atoms with van der Waals surface area (Å²) in [6.07, 6.45) is 0.778. The van der Waals surface area contributed by atoms with Gasteiger partial charge in [0.05, 0.1) is 16.0 Å². The van der Waals surface area contributed by atoms with Crippen molar-refractivity contribution < 1.29 is 19.2 Å². The number of nitrogens with zero attached hydrogens (tertiary/aromatic N) is 2. The summed E-state index contributed by atoms with van der Waals surface area (Å²) in [5.41, 5.74) is 1.15. The average molecular weight is 411 g/mol. The number of hydrogen-bond acceptors (Lipinski definition) is 5. The Labute approximate surface area is 175 Å². The van der Waals surface area contributed by atoms with Crippen LogP contribution in [0.15, 0.2) is 36.4 Å². The molecule has 2 aromatic carbocycles. The van der Waals surface area contributed by atoms with Crippen LogP contribution < -0.4 is 15.0 Å². The number of ether oxygens (including phenoxy) is 1. The van der Waals surface area contributed by atoms with Crippen LogP contribution in [0.4, 0.5) is 17.1 Å². The number of carbonyl (C=O) groups excluding carboxylic acids is 2. The Morgan fingerprint density at radius 2 is 2.00 bits per heavy atom. The highest BCUT2D eigenvalue weighted by molar-refractivity contribution is 6.05. The summed E-state index contributed by atoms with van der Waals surface area (Å²) in [7, 11) is 0. The molecular formula is C22H25N3O5. The van der Waals surface area contributed by atoms with Crippen LogP contribution in [-0.2, 0) is 4.79 Å². The van der Waals surface area contributed by atoms with Gasteiger partial charge in [0.2, 0.25) is 5.91 Å². The van der Waals surface area contributed by atoms with Crippen LogP contribution >= 0.6 is 0 Å². The largest absolute Gasteiger partial charge is 0.490 e. The van der Waals surface area contributed by atoms with Crippen molar-refractivity contribution in [2.45, 2.75) is 34.1 Å². The lowest BCUT2D eigenvalue weighted by atomic mass is 9.93. The molecule has 0 saturated carbocycles. The molecule has 0 saturated heterocycles. The third kappa shape index (κ3) is 4.12. The molecule has 0 aromatic heterocycles. The topological polar surface area (TPSA) is 102 Å². The van der Waals surface area contributed by atoms with Crippen LogP contribution in [0, 0.1) is 22.5 Å². The first-order valence-electron chi connectivity index (χ1n) is 9.79. The van der Waals surface area contributed by atoms with Gasteiger partial charge >= 0.3 is 0 Å². The predicted octanol–water partition coefficient (Wildman–Crippen LogP) is 4.32. The minimum Gasteiger partial charge on any atom is -0.490 e. The van der Waals surface area contributed by atoms with E-state index in [1.54, 1.807) is 30.0 Å². The van der Waals surface area contributed by atoms with Gasteiger partial charge < -0.3 is 15.0 Å². The highest BCUT2D eigenvalue weighted by Crippen LogP contribution is 2.38. The summed E-state index contributed by atoms with van der Waals surface area (Å²) in [5, 5.41) is 13.8. The molecule has 1 aliphatic rings. The fraction of sp³-hybridized carbons (Fsp3) is 0.364. The van der Waals surface area contributed by atoms with E-state index in [0.29, 0.717) is 34.8 Å². The van der Waals surface area contributed by atoms with Crippen LogP contribution in [0.25, 0.3) is 0 Å². The number of nitro benzene ring substituents is 1. The van der Waals surface area contributed by atoms with Crippen molar-refractivity contribution in [2.75, 3.05) is 23.4 Å². The Hall–Kier alpha value is -3.42. The summed E-state index contributed by atoms with van der Waals surface area (Å²) >= 11 is 0. The van der Waals surface area contributed by atoms with Crippen LogP contribution in [0.2, 0.25) is 0 Å². The quantitative estimate of drug-likeness (QED) is 0.583. The second-order valence-electron chi connectivity index (χ2n) is 8.02. The molecule has 30 heavy (non-hydrogen) atoms. The lowest BCUT2D eigenvalue weighted by molar-refractivity contribution is -0.385. The van der Waals surface area contributed by atoms with Gasteiger partial charge in [-0.3, -0.25) is 19.7 Å². The second-order valence-corrected chi connectivity index (χ2v) is 8.02. The van der Waals surface area contributed by atoms with Crippen LogP contribution in [-0.4, -0.2) is 29.9 Å². The number of carbonyl (C=O) groups is 2. The van der Waals surface area contributed by atoms with Gasteiger partial charge in [0, 0.05) is 29.4 Å². The van der Waals surface area contributed by atoms with Crippen molar-refractivity contribution in [3.8, 4) is 5.75 Å². The number of nitrogens with one attached hydrogen (secondary N) is 1. The first-order valence-corrected chi connectivity index (χ1v) is 9.79. The van der Waals surface area contributed by atoms with Gasteiger partial charge in [0.25, 0.3) is 11.6 Å². The lowest BCUT2D eigenvalue weighted by Gasteiger charge is -2.27. The normalized spacial score (nSPS) is 15.1. The Balaban J connectivity index is 1.90. The van der Waals surface area contributed by atoms with Crippen molar-refractivity contribution in [3.05, 3.63) is 57.6 Å². The van der Waals surface area contributed by atoms with E-state index in [1.165, 1.54) is 18.2 Å². The maximum Gasteiger partial charge on any atom is 0.272 e. The van der Waals surface area contributed by atoms with E-state index in [9.17, 15) is 19.7 Å². The molecule has 0 fully saturated rings. The summed E-state index contributed by atoms with van der Waals surface area (Å²) in [5.74, 6) is 0.167. The summed E-state index contributed by atoms with van der Waals surface area (Å²) in [6.45, 7) is 8.09. The molecule has 8 nitrogen and oxygen atoms in total. The number of rotatable bonds is 5. The molecule has 1 aliphatic heterocycles. The van der Waals surface area contributed by atoms with Gasteiger partial charge in [-0.1, -0.05) is 6.92 Å². The molecule has 8 heteroatoms. The smallest absolute Gasteiger partial charge is 0.272 e. The van der Waals surface area contributed by atoms with E-state index in [-0.39, 0.29) is 18.2 Å². The Morgan fingerprint density at radius 3 is 2.63 bits per heavy atom. The van der Waals surface area contributed by atoms with E-state index >= 15 is 0 Å². The monoisotopic (exact) mass is 411 g/mol. The zero-order valence-corrected chi connectivity index (χ0v) is 17.5. The van der Waals surface area contributed by atoms with Gasteiger partial charge in [-0.2, -0.15) is 0 Å². The van der Waals surface area contributed by atoms with Crippen molar-refractivity contribution in [1.29, 1.82) is 0 Å². The summed E-state index contributed by atoms with van der Waals surface area (Å²) in [6, 6.07) is 9.39. The molecule has 0 bridgehead atoms. The highest BCUT2D eigenvalue weighted by Gasteiger charge is 2.37. The zero-order chi connectivity index (χ0) is 22.1. The van der Waals surface area contributed by atoms with Gasteiger partial charge in [-0.05, 0) is 57.5 Å². The zero-order valence-electron chi connectivity index (χ0n) is 17.5. The molecule has 0 aliphatic carbocycles. The maximum absolute atomic E-state index is 13.0. The molecule has 0 atom stereocenters. The van der Waals surface area contributed by atoms with Crippen LogP contribution in [0.1, 0.15) is 43.1 Å². The molecular weight excluding hydrogens is 386 g/mol. The number of nitro groups is 1. The third-order valence-corrected chi connectivity index (χ3v) is 5.02. The fourth-order valence-electron chi connectivity index (χ4n) is 3.37. The molecule has 3 rings (SSSR count). The average Bonchev–Trinajstić information content (AvgIpc) is 2.78. The second kappa shape index (κ2) is 8.14. The van der Waals surface area contributed by atoms with Crippen molar-refractivity contribution in [2.24, 2.45) is 5.41 Å². The van der Waals surface area contributed by atoms with Gasteiger partial charge in [-0.15, -0.1) is 0 Å². The summed E-state index contributed by atoms with van der Waals surface area (Å²) < 4.78 is 5.87. The summed E-state index contributed by atoms with van der Waals surface area (Å²) in [4.78, 5) is 37.9. The van der Waals surface area contributed by atoms with Crippen molar-refractivity contribution in [1.82, 2.24) is 0 Å². The number of benzene rings is 2. The Morgan fingerprint density at radius 1 is 1.27 bits per heavy atom. The first-order chi connectivity index (χ1) is 14.1. The Bertz CT molecular complexity index is 1020. The van der Waals surface area contributed by atoms with Gasteiger partial charge in [0.15, 0.2) is 0 Å². The first kappa shape index (κ1) is 21.3. The fourth-order valence-corrected chi connectivity index (χ4v) is 3.37. The van der Waals surface area contributed by atoms with E-state index in [0.717, 1.165) is 6.42 Å². The molecule has 2 amide bonds. The van der Waals surface area contributed by atoms with Crippen LogP contribution in [0.3, 0.4) is 0 Å². The van der Waals surface area contributed by atoms with Gasteiger partial charge in [-0.25, -0.2) is 0 Å².